The van der Waals surface area contributed by atoms with Crippen LogP contribution in [0.15, 0.2) is 24.3 Å². The first-order valence-corrected chi connectivity index (χ1v) is 5.24. The first kappa shape index (κ1) is 11.1. The zero-order valence-corrected chi connectivity index (χ0v) is 8.97. The molecule has 0 aromatic heterocycles. The van der Waals surface area contributed by atoms with Crippen LogP contribution in [-0.4, -0.2) is 12.5 Å². The molecular weight excluding hydrogens is 198 g/mol. The molecule has 14 heavy (non-hydrogen) atoms. The Kier molecular flexibility index (Phi) is 4.47. The maximum Gasteiger partial charge on any atom is 0.251 e. The fraction of sp³-hybridized carbons (Fsp3) is 0.364. The summed E-state index contributed by atoms with van der Waals surface area (Å²) in [6, 6.07) is 7.36. The van der Waals surface area contributed by atoms with Crippen LogP contribution in [-0.2, 0) is 5.88 Å². The van der Waals surface area contributed by atoms with E-state index in [9.17, 15) is 4.79 Å². The second kappa shape index (κ2) is 5.66. The van der Waals surface area contributed by atoms with E-state index in [-0.39, 0.29) is 5.91 Å². The van der Waals surface area contributed by atoms with E-state index in [1.54, 1.807) is 6.07 Å². The first-order chi connectivity index (χ1) is 6.77. The summed E-state index contributed by atoms with van der Waals surface area (Å²) in [5.41, 5.74) is 1.65. The highest BCUT2D eigenvalue weighted by Gasteiger charge is 2.03. The van der Waals surface area contributed by atoms with Crippen LogP contribution in [0.2, 0.25) is 0 Å². The van der Waals surface area contributed by atoms with Crippen LogP contribution in [0.3, 0.4) is 0 Å². The number of hydrogen-bond acceptors (Lipinski definition) is 1. The van der Waals surface area contributed by atoms with Crippen LogP contribution in [0.25, 0.3) is 0 Å². The smallest absolute Gasteiger partial charge is 0.251 e. The van der Waals surface area contributed by atoms with Crippen molar-refractivity contribution >= 4 is 17.5 Å². The van der Waals surface area contributed by atoms with Gasteiger partial charge < -0.3 is 5.32 Å². The minimum absolute atomic E-state index is 0.0289. The highest BCUT2D eigenvalue weighted by atomic mass is 35.5. The van der Waals surface area contributed by atoms with E-state index in [0.717, 1.165) is 12.0 Å². The molecule has 0 heterocycles. The second-order valence-corrected chi connectivity index (χ2v) is 3.36. The molecule has 1 rings (SSSR count). The monoisotopic (exact) mass is 211 g/mol. The van der Waals surface area contributed by atoms with Gasteiger partial charge in [0, 0.05) is 18.0 Å². The van der Waals surface area contributed by atoms with Gasteiger partial charge in [0.15, 0.2) is 0 Å². The van der Waals surface area contributed by atoms with Crippen LogP contribution in [0, 0.1) is 0 Å². The minimum Gasteiger partial charge on any atom is -0.352 e. The summed E-state index contributed by atoms with van der Waals surface area (Å²) in [5, 5.41) is 2.82. The lowest BCUT2D eigenvalue weighted by Crippen LogP contribution is -2.23. The molecule has 0 radical (unpaired) electrons. The van der Waals surface area contributed by atoms with Crippen molar-refractivity contribution < 1.29 is 4.79 Å². The lowest BCUT2D eigenvalue weighted by Gasteiger charge is -2.04. The largest absolute Gasteiger partial charge is 0.352 e. The molecule has 1 N–H and O–H groups in total. The van der Waals surface area contributed by atoms with Gasteiger partial charge in [-0.25, -0.2) is 0 Å². The molecule has 0 saturated heterocycles. The molecular formula is C11H14ClNO. The quantitative estimate of drug-likeness (QED) is 0.763. The number of carbonyl (C=O) groups is 1. The Morgan fingerprint density at radius 3 is 2.93 bits per heavy atom. The average Bonchev–Trinajstić information content (AvgIpc) is 2.26. The van der Waals surface area contributed by atoms with E-state index in [1.165, 1.54) is 0 Å². The zero-order chi connectivity index (χ0) is 10.4. The molecule has 0 fully saturated rings. The number of amides is 1. The summed E-state index contributed by atoms with van der Waals surface area (Å²) >= 11 is 5.68. The van der Waals surface area contributed by atoms with Crippen LogP contribution in [0.5, 0.6) is 0 Å². The van der Waals surface area contributed by atoms with Crippen molar-refractivity contribution in [2.45, 2.75) is 19.2 Å². The number of rotatable bonds is 4. The van der Waals surface area contributed by atoms with Crippen LogP contribution >= 0.6 is 11.6 Å². The van der Waals surface area contributed by atoms with E-state index in [1.807, 2.05) is 25.1 Å². The number of hydrogen-bond donors (Lipinski definition) is 1. The van der Waals surface area contributed by atoms with Crippen molar-refractivity contribution in [1.82, 2.24) is 5.32 Å². The standard InChI is InChI=1S/C11H14ClNO/c1-2-6-13-11(14)10-5-3-4-9(7-10)8-12/h3-5,7H,2,6,8H2,1H3,(H,13,14). The minimum atomic E-state index is -0.0289. The Bertz CT molecular complexity index is 312. The lowest BCUT2D eigenvalue weighted by atomic mass is 10.1. The first-order valence-electron chi connectivity index (χ1n) is 4.71. The molecule has 0 spiro atoms. The molecule has 3 heteroatoms. The van der Waals surface area contributed by atoms with E-state index in [0.29, 0.717) is 18.0 Å². The Balaban J connectivity index is 2.69. The van der Waals surface area contributed by atoms with E-state index in [4.69, 9.17) is 11.6 Å². The molecule has 0 unspecified atom stereocenters. The fourth-order valence-corrected chi connectivity index (χ4v) is 1.30. The van der Waals surface area contributed by atoms with E-state index in [2.05, 4.69) is 5.32 Å². The van der Waals surface area contributed by atoms with Gasteiger partial charge in [-0.3, -0.25) is 4.79 Å². The van der Waals surface area contributed by atoms with Gasteiger partial charge in [-0.1, -0.05) is 19.1 Å². The van der Waals surface area contributed by atoms with Gasteiger partial charge in [-0.05, 0) is 24.1 Å². The van der Waals surface area contributed by atoms with E-state index >= 15 is 0 Å². The summed E-state index contributed by atoms with van der Waals surface area (Å²) in [6.07, 6.45) is 0.945. The topological polar surface area (TPSA) is 29.1 Å². The van der Waals surface area contributed by atoms with Crippen molar-refractivity contribution in [3.8, 4) is 0 Å². The maximum absolute atomic E-state index is 11.5. The Morgan fingerprint density at radius 2 is 2.29 bits per heavy atom. The van der Waals surface area contributed by atoms with E-state index < -0.39 is 0 Å². The molecule has 1 aromatic rings. The molecule has 0 saturated carbocycles. The van der Waals surface area contributed by atoms with Gasteiger partial charge in [-0.15, -0.1) is 11.6 Å². The van der Waals surface area contributed by atoms with Gasteiger partial charge in [-0.2, -0.15) is 0 Å². The van der Waals surface area contributed by atoms with Gasteiger partial charge in [0.25, 0.3) is 5.91 Å². The number of carbonyl (C=O) groups excluding carboxylic acids is 1. The molecule has 1 amide bonds. The highest BCUT2D eigenvalue weighted by Crippen LogP contribution is 2.07. The van der Waals surface area contributed by atoms with Crippen LogP contribution in [0.1, 0.15) is 29.3 Å². The Labute approximate surface area is 89.3 Å². The molecule has 0 aliphatic heterocycles. The summed E-state index contributed by atoms with van der Waals surface area (Å²) < 4.78 is 0. The molecule has 0 atom stereocenters. The van der Waals surface area contributed by atoms with Gasteiger partial charge in [0.1, 0.15) is 0 Å². The maximum atomic E-state index is 11.5. The van der Waals surface area contributed by atoms with Crippen molar-refractivity contribution in [3.05, 3.63) is 35.4 Å². The van der Waals surface area contributed by atoms with Crippen molar-refractivity contribution in [2.75, 3.05) is 6.54 Å². The van der Waals surface area contributed by atoms with Crippen LogP contribution in [0.4, 0.5) is 0 Å². The summed E-state index contributed by atoms with van der Waals surface area (Å²) in [6.45, 7) is 2.74. The summed E-state index contributed by atoms with van der Waals surface area (Å²) in [7, 11) is 0. The van der Waals surface area contributed by atoms with Crippen LogP contribution < -0.4 is 5.32 Å². The zero-order valence-electron chi connectivity index (χ0n) is 8.22. The molecule has 1 aromatic carbocycles. The molecule has 0 aliphatic carbocycles. The fourth-order valence-electron chi connectivity index (χ4n) is 1.14. The predicted molar refractivity (Wildman–Crippen MR) is 58.6 cm³/mol. The van der Waals surface area contributed by atoms with Gasteiger partial charge in [0.05, 0.1) is 0 Å². The Hall–Kier alpha value is -1.02. The molecule has 0 aliphatic rings. The number of nitrogens with one attached hydrogen (secondary N) is 1. The average molecular weight is 212 g/mol. The number of benzene rings is 1. The summed E-state index contributed by atoms with van der Waals surface area (Å²) in [5.74, 6) is 0.411. The van der Waals surface area contributed by atoms with Gasteiger partial charge in [0.2, 0.25) is 0 Å². The van der Waals surface area contributed by atoms with Crippen molar-refractivity contribution in [1.29, 1.82) is 0 Å². The second-order valence-electron chi connectivity index (χ2n) is 3.09. The lowest BCUT2D eigenvalue weighted by molar-refractivity contribution is 0.0953. The number of alkyl halides is 1. The third-order valence-corrected chi connectivity index (χ3v) is 2.19. The van der Waals surface area contributed by atoms with Gasteiger partial charge >= 0.3 is 0 Å². The molecule has 2 nitrogen and oxygen atoms in total. The van der Waals surface area contributed by atoms with Crippen molar-refractivity contribution in [2.24, 2.45) is 0 Å². The Morgan fingerprint density at radius 1 is 1.50 bits per heavy atom. The predicted octanol–water partition coefficient (Wildman–Crippen LogP) is 2.57. The highest BCUT2D eigenvalue weighted by molar-refractivity contribution is 6.17. The number of halogens is 1. The molecule has 76 valence electrons. The third-order valence-electron chi connectivity index (χ3n) is 1.88. The van der Waals surface area contributed by atoms with Crippen molar-refractivity contribution in [3.63, 3.8) is 0 Å². The third kappa shape index (κ3) is 3.04. The summed E-state index contributed by atoms with van der Waals surface area (Å²) in [4.78, 5) is 11.5. The molecule has 0 bridgehead atoms. The SMILES string of the molecule is CCCNC(=O)c1cccc(CCl)c1. The normalized spacial score (nSPS) is 9.86.